The number of thiazole rings is 1. The van der Waals surface area contributed by atoms with Crippen LogP contribution in [0.1, 0.15) is 10.4 Å². The number of fused-ring (bicyclic) bond motifs is 1. The maximum atomic E-state index is 13.4. The Hall–Kier alpha value is -1.58. The average Bonchev–Trinajstić information content (AvgIpc) is 3.13. The number of anilines is 1. The molecule has 0 radical (unpaired) electrons. The monoisotopic (exact) mass is 533 g/mol. The van der Waals surface area contributed by atoms with Crippen molar-refractivity contribution < 1.29 is 14.3 Å². The summed E-state index contributed by atoms with van der Waals surface area (Å²) in [5.74, 6) is 1.10. The molecule has 1 heterocycles. The number of methoxy groups -OCH3 is 2. The third-order valence-corrected chi connectivity index (χ3v) is 6.22. The molecule has 0 atom stereocenters. The van der Waals surface area contributed by atoms with E-state index in [-0.39, 0.29) is 18.3 Å². The van der Waals surface area contributed by atoms with Gasteiger partial charge in [-0.25, -0.2) is 4.98 Å². The van der Waals surface area contributed by atoms with E-state index in [1.54, 1.807) is 37.3 Å². The molecule has 10 heteroatoms. The van der Waals surface area contributed by atoms with Gasteiger partial charge in [0.05, 0.1) is 24.8 Å². The van der Waals surface area contributed by atoms with Crippen molar-refractivity contribution in [3.8, 4) is 11.5 Å². The van der Waals surface area contributed by atoms with Gasteiger partial charge in [0.25, 0.3) is 5.91 Å². The lowest BCUT2D eigenvalue weighted by atomic mass is 10.2. The van der Waals surface area contributed by atoms with Crippen molar-refractivity contribution in [3.63, 3.8) is 0 Å². The first kappa shape index (κ1) is 24.7. The summed E-state index contributed by atoms with van der Waals surface area (Å²) >= 11 is 11.1. The number of hydrogen-bond acceptors (Lipinski definition) is 6. The second kappa shape index (κ2) is 10.6. The fraction of sp³-hybridized carbons (Fsp3) is 0.300. The predicted octanol–water partition coefficient (Wildman–Crippen LogP) is 5.36. The molecule has 0 aliphatic heterocycles. The number of hydrogen-bond donors (Lipinski definition) is 0. The van der Waals surface area contributed by atoms with Crippen molar-refractivity contribution >= 4 is 72.5 Å². The molecule has 0 fully saturated rings. The maximum absolute atomic E-state index is 13.4. The molecule has 2 aromatic carbocycles. The van der Waals surface area contributed by atoms with Crippen LogP contribution in [0.4, 0.5) is 5.13 Å². The summed E-state index contributed by atoms with van der Waals surface area (Å²) in [6, 6.07) is 8.87. The highest BCUT2D eigenvalue weighted by Crippen LogP contribution is 2.40. The van der Waals surface area contributed by atoms with E-state index >= 15 is 0 Å². The van der Waals surface area contributed by atoms with Gasteiger partial charge in [-0.15, -0.1) is 12.4 Å². The fourth-order valence-corrected chi connectivity index (χ4v) is 4.44. The van der Waals surface area contributed by atoms with Crippen molar-refractivity contribution in [1.29, 1.82) is 0 Å². The zero-order valence-electron chi connectivity index (χ0n) is 16.9. The molecule has 3 aromatic rings. The van der Waals surface area contributed by atoms with Crippen LogP contribution in [0.5, 0.6) is 11.5 Å². The first-order valence-electron chi connectivity index (χ1n) is 8.79. The fourth-order valence-electron chi connectivity index (χ4n) is 2.78. The van der Waals surface area contributed by atoms with Crippen LogP contribution in [-0.4, -0.2) is 57.2 Å². The number of likely N-dealkylation sites (N-methyl/N-ethyl adjacent to an activating group) is 1. The van der Waals surface area contributed by atoms with Crippen molar-refractivity contribution in [1.82, 2.24) is 9.88 Å². The van der Waals surface area contributed by atoms with Crippen LogP contribution in [0.25, 0.3) is 10.2 Å². The average molecular weight is 535 g/mol. The topological polar surface area (TPSA) is 54.9 Å². The number of halogens is 3. The summed E-state index contributed by atoms with van der Waals surface area (Å²) in [7, 11) is 7.12. The molecule has 0 saturated carbocycles. The highest BCUT2D eigenvalue weighted by molar-refractivity contribution is 9.10. The summed E-state index contributed by atoms with van der Waals surface area (Å²) in [6.45, 7) is 1.13. The standard InChI is InChI=1S/C20H21BrClN3O3S.ClH/c1-24(2)9-10-25(19(26)13-11-12(21)5-6-14(13)22)20-23-17-15(27-3)7-8-16(28-4)18(17)29-20;/h5-8,11H,9-10H2,1-4H3;1H. The molecule has 0 N–H and O–H groups in total. The molecule has 0 aliphatic rings. The Bertz CT molecular complexity index is 1000. The molecule has 0 spiro atoms. The second-order valence-corrected chi connectivity index (χ2v) is 8.83. The number of carbonyl (C=O) groups excluding carboxylic acids is 1. The van der Waals surface area contributed by atoms with Gasteiger partial charge in [0.15, 0.2) is 5.13 Å². The van der Waals surface area contributed by atoms with Crippen LogP contribution in [0.3, 0.4) is 0 Å². The van der Waals surface area contributed by atoms with Crippen LogP contribution in [0.15, 0.2) is 34.8 Å². The smallest absolute Gasteiger partial charge is 0.261 e. The van der Waals surface area contributed by atoms with Crippen molar-refractivity contribution in [2.45, 2.75) is 0 Å². The van der Waals surface area contributed by atoms with E-state index in [1.807, 2.05) is 31.1 Å². The molecule has 1 aromatic heterocycles. The van der Waals surface area contributed by atoms with Gasteiger partial charge >= 0.3 is 0 Å². The summed E-state index contributed by atoms with van der Waals surface area (Å²) in [6.07, 6.45) is 0. The second-order valence-electron chi connectivity index (χ2n) is 6.53. The van der Waals surface area contributed by atoms with E-state index < -0.39 is 0 Å². The first-order valence-corrected chi connectivity index (χ1v) is 10.8. The lowest BCUT2D eigenvalue weighted by Crippen LogP contribution is -2.36. The Morgan fingerprint density at radius 2 is 1.80 bits per heavy atom. The third-order valence-electron chi connectivity index (χ3n) is 4.30. The van der Waals surface area contributed by atoms with E-state index in [4.69, 9.17) is 26.1 Å². The summed E-state index contributed by atoms with van der Waals surface area (Å²) in [5, 5.41) is 0.954. The molecule has 0 unspecified atom stereocenters. The predicted molar refractivity (Wildman–Crippen MR) is 129 cm³/mol. The molecule has 3 rings (SSSR count). The van der Waals surface area contributed by atoms with Crippen LogP contribution < -0.4 is 14.4 Å². The van der Waals surface area contributed by atoms with Gasteiger partial charge in [-0.1, -0.05) is 38.9 Å². The van der Waals surface area contributed by atoms with Gasteiger partial charge in [-0.2, -0.15) is 0 Å². The minimum absolute atomic E-state index is 0. The van der Waals surface area contributed by atoms with Crippen molar-refractivity contribution in [2.75, 3.05) is 46.3 Å². The van der Waals surface area contributed by atoms with Crippen LogP contribution in [0.2, 0.25) is 5.02 Å². The SMILES string of the molecule is COc1ccc(OC)c2sc(N(CCN(C)C)C(=O)c3cc(Br)ccc3Cl)nc12.Cl. The highest BCUT2D eigenvalue weighted by Gasteiger charge is 2.25. The highest BCUT2D eigenvalue weighted by atomic mass is 79.9. The Balaban J connectivity index is 0.00000320. The number of carbonyl (C=O) groups is 1. The van der Waals surface area contributed by atoms with Gasteiger partial charge in [-0.3, -0.25) is 9.69 Å². The molecule has 0 saturated heterocycles. The van der Waals surface area contributed by atoms with E-state index in [1.165, 1.54) is 11.3 Å². The molecule has 0 aliphatic carbocycles. The number of aromatic nitrogens is 1. The first-order chi connectivity index (χ1) is 13.8. The third kappa shape index (κ3) is 5.18. The Morgan fingerprint density at radius 1 is 1.13 bits per heavy atom. The number of amides is 1. The molecule has 162 valence electrons. The van der Waals surface area contributed by atoms with Crippen LogP contribution >= 0.6 is 51.3 Å². The van der Waals surface area contributed by atoms with Gasteiger partial charge in [0, 0.05) is 17.6 Å². The van der Waals surface area contributed by atoms with E-state index in [0.717, 1.165) is 9.17 Å². The molecule has 6 nitrogen and oxygen atoms in total. The number of nitrogens with zero attached hydrogens (tertiary/aromatic N) is 3. The van der Waals surface area contributed by atoms with Gasteiger partial charge in [-0.05, 0) is 44.4 Å². The van der Waals surface area contributed by atoms with Gasteiger partial charge in [0.1, 0.15) is 21.7 Å². The summed E-state index contributed by atoms with van der Waals surface area (Å²) < 4.78 is 12.5. The minimum Gasteiger partial charge on any atom is -0.495 e. The van der Waals surface area contributed by atoms with Crippen molar-refractivity contribution in [2.24, 2.45) is 0 Å². The van der Waals surface area contributed by atoms with Crippen molar-refractivity contribution in [3.05, 3.63) is 45.4 Å². The molecular weight excluding hydrogens is 513 g/mol. The maximum Gasteiger partial charge on any atom is 0.261 e. The summed E-state index contributed by atoms with van der Waals surface area (Å²) in [5.41, 5.74) is 1.08. The van der Waals surface area contributed by atoms with Gasteiger partial charge in [0.2, 0.25) is 0 Å². The zero-order valence-corrected chi connectivity index (χ0v) is 20.9. The molecular formula is C20H22BrCl2N3O3S. The lowest BCUT2D eigenvalue weighted by molar-refractivity contribution is 0.0985. The Labute approximate surface area is 199 Å². The lowest BCUT2D eigenvalue weighted by Gasteiger charge is -2.22. The Kier molecular flexibility index (Phi) is 8.75. The van der Waals surface area contributed by atoms with Crippen LogP contribution in [0, 0.1) is 0 Å². The van der Waals surface area contributed by atoms with E-state index in [2.05, 4.69) is 15.9 Å². The molecule has 1 amide bonds. The van der Waals surface area contributed by atoms with E-state index in [0.29, 0.717) is 45.8 Å². The van der Waals surface area contributed by atoms with E-state index in [9.17, 15) is 4.79 Å². The quantitative estimate of drug-likeness (QED) is 0.408. The number of benzene rings is 2. The number of rotatable bonds is 7. The largest absolute Gasteiger partial charge is 0.495 e. The van der Waals surface area contributed by atoms with Gasteiger partial charge < -0.3 is 14.4 Å². The zero-order chi connectivity index (χ0) is 21.1. The number of ether oxygens (including phenoxy) is 2. The minimum atomic E-state index is -0.213. The Morgan fingerprint density at radius 3 is 2.43 bits per heavy atom. The summed E-state index contributed by atoms with van der Waals surface area (Å²) in [4.78, 5) is 21.8. The van der Waals surface area contributed by atoms with Crippen LogP contribution in [-0.2, 0) is 0 Å². The normalized spacial score (nSPS) is 10.8. The molecule has 30 heavy (non-hydrogen) atoms. The molecule has 0 bridgehead atoms.